The maximum absolute atomic E-state index is 13.0. The van der Waals surface area contributed by atoms with E-state index in [0.29, 0.717) is 22.9 Å². The highest BCUT2D eigenvalue weighted by Gasteiger charge is 2.20. The van der Waals surface area contributed by atoms with Gasteiger partial charge in [-0.15, -0.1) is 0 Å². The fourth-order valence-corrected chi connectivity index (χ4v) is 3.04. The normalized spacial score (nSPS) is 11.8. The Morgan fingerprint density at radius 1 is 1.14 bits per heavy atom. The van der Waals surface area contributed by atoms with E-state index in [4.69, 9.17) is 14.6 Å². The van der Waals surface area contributed by atoms with Crippen LogP contribution in [0.2, 0.25) is 0 Å². The third kappa shape index (κ3) is 4.42. The van der Waals surface area contributed by atoms with Gasteiger partial charge >= 0.3 is 0 Å². The first kappa shape index (κ1) is 20.5. The zero-order valence-electron chi connectivity index (χ0n) is 17.5. The lowest BCUT2D eigenvalue weighted by atomic mass is 10.1. The van der Waals surface area contributed by atoms with Gasteiger partial charge in [-0.05, 0) is 56.2 Å². The van der Waals surface area contributed by atoms with E-state index < -0.39 is 0 Å². The third-order valence-electron chi connectivity index (χ3n) is 4.86. The van der Waals surface area contributed by atoms with E-state index >= 15 is 0 Å². The summed E-state index contributed by atoms with van der Waals surface area (Å²) in [6.45, 7) is 6.04. The second kappa shape index (κ2) is 8.82. The molecule has 3 aromatic rings. The second-order valence-corrected chi connectivity index (χ2v) is 7.01. The molecule has 152 valence electrons. The van der Waals surface area contributed by atoms with Crippen LogP contribution in [0.5, 0.6) is 11.5 Å². The molecule has 29 heavy (non-hydrogen) atoms. The summed E-state index contributed by atoms with van der Waals surface area (Å²) in [6.07, 6.45) is 0.851. The standard InChI is InChI=1S/C23H27N3O3/c1-6-16(3)24-23(27)21-14-20(19-11-10-18(28-4)13-22(19)29-5)25-26(21)17-9-7-8-15(2)12-17/h7-14,16H,6H2,1-5H3,(H,24,27)/t16-/m1/s1. The Morgan fingerprint density at radius 3 is 2.59 bits per heavy atom. The van der Waals surface area contributed by atoms with Gasteiger partial charge in [-0.3, -0.25) is 4.79 Å². The van der Waals surface area contributed by atoms with Crippen molar-refractivity contribution in [2.45, 2.75) is 33.2 Å². The van der Waals surface area contributed by atoms with Gasteiger partial charge in [0.2, 0.25) is 0 Å². The van der Waals surface area contributed by atoms with E-state index in [2.05, 4.69) is 5.32 Å². The van der Waals surface area contributed by atoms with Crippen molar-refractivity contribution in [2.24, 2.45) is 0 Å². The van der Waals surface area contributed by atoms with Crippen LogP contribution in [0.4, 0.5) is 0 Å². The topological polar surface area (TPSA) is 65.4 Å². The average molecular weight is 393 g/mol. The number of nitrogens with one attached hydrogen (secondary N) is 1. The molecule has 0 aliphatic rings. The predicted molar refractivity (Wildman–Crippen MR) is 114 cm³/mol. The number of aryl methyl sites for hydroxylation is 1. The number of ether oxygens (including phenoxy) is 2. The van der Waals surface area contributed by atoms with Gasteiger partial charge < -0.3 is 14.8 Å². The fraction of sp³-hybridized carbons (Fsp3) is 0.304. The van der Waals surface area contributed by atoms with E-state index in [-0.39, 0.29) is 11.9 Å². The SMILES string of the molecule is CC[C@@H](C)NC(=O)c1cc(-c2ccc(OC)cc2OC)nn1-c1cccc(C)c1. The molecule has 6 heteroatoms. The van der Waals surface area contributed by atoms with Crippen molar-refractivity contribution in [3.63, 3.8) is 0 Å². The molecule has 3 rings (SSSR count). The molecule has 6 nitrogen and oxygen atoms in total. The molecule has 0 unspecified atom stereocenters. The second-order valence-electron chi connectivity index (χ2n) is 7.01. The van der Waals surface area contributed by atoms with Gasteiger partial charge in [0.05, 0.1) is 25.6 Å². The van der Waals surface area contributed by atoms with Crippen molar-refractivity contribution >= 4 is 5.91 Å². The van der Waals surface area contributed by atoms with Crippen LogP contribution in [0.1, 0.15) is 36.3 Å². The summed E-state index contributed by atoms with van der Waals surface area (Å²) in [4.78, 5) is 13.0. The van der Waals surface area contributed by atoms with Crippen LogP contribution in [-0.4, -0.2) is 35.9 Å². The Morgan fingerprint density at radius 2 is 1.93 bits per heavy atom. The molecule has 0 aliphatic carbocycles. The van der Waals surface area contributed by atoms with Crippen LogP contribution >= 0.6 is 0 Å². The molecule has 0 bridgehead atoms. The predicted octanol–water partition coefficient (Wildman–Crippen LogP) is 4.39. The highest BCUT2D eigenvalue weighted by Crippen LogP contribution is 2.33. The average Bonchev–Trinajstić information content (AvgIpc) is 3.18. The molecular formula is C23H27N3O3. The zero-order valence-corrected chi connectivity index (χ0v) is 17.5. The maximum atomic E-state index is 13.0. The minimum absolute atomic E-state index is 0.0716. The summed E-state index contributed by atoms with van der Waals surface area (Å²) in [5.41, 5.74) is 3.84. The largest absolute Gasteiger partial charge is 0.497 e. The first-order chi connectivity index (χ1) is 14.0. The Hall–Kier alpha value is -3.28. The van der Waals surface area contributed by atoms with Crippen molar-refractivity contribution in [3.05, 3.63) is 59.8 Å². The zero-order chi connectivity index (χ0) is 21.0. The molecule has 0 spiro atoms. The third-order valence-corrected chi connectivity index (χ3v) is 4.86. The van der Waals surface area contributed by atoms with Crippen molar-refractivity contribution in [1.29, 1.82) is 0 Å². The van der Waals surface area contributed by atoms with Gasteiger partial charge in [0.15, 0.2) is 0 Å². The molecular weight excluding hydrogens is 366 g/mol. The molecule has 1 heterocycles. The molecule has 0 saturated heterocycles. The van der Waals surface area contributed by atoms with Gasteiger partial charge in [0.25, 0.3) is 5.91 Å². The van der Waals surface area contributed by atoms with E-state index in [1.165, 1.54) is 0 Å². The highest BCUT2D eigenvalue weighted by atomic mass is 16.5. The molecule has 0 radical (unpaired) electrons. The molecule has 1 N–H and O–H groups in total. The Bertz CT molecular complexity index is 1010. The molecule has 1 amide bonds. The summed E-state index contributed by atoms with van der Waals surface area (Å²) in [6, 6.07) is 15.3. The lowest BCUT2D eigenvalue weighted by Gasteiger charge is -2.12. The molecule has 0 saturated carbocycles. The van der Waals surface area contributed by atoms with Gasteiger partial charge in [-0.25, -0.2) is 4.68 Å². The van der Waals surface area contributed by atoms with E-state index in [9.17, 15) is 4.79 Å². The van der Waals surface area contributed by atoms with E-state index in [1.54, 1.807) is 31.0 Å². The first-order valence-corrected chi connectivity index (χ1v) is 9.67. The first-order valence-electron chi connectivity index (χ1n) is 9.67. The van der Waals surface area contributed by atoms with E-state index in [1.807, 2.05) is 57.2 Å². The van der Waals surface area contributed by atoms with Crippen LogP contribution < -0.4 is 14.8 Å². The number of amides is 1. The smallest absolute Gasteiger partial charge is 0.270 e. The number of hydrogen-bond acceptors (Lipinski definition) is 4. The summed E-state index contributed by atoms with van der Waals surface area (Å²) in [5, 5.41) is 7.78. The fourth-order valence-electron chi connectivity index (χ4n) is 3.04. The van der Waals surface area contributed by atoms with E-state index in [0.717, 1.165) is 23.2 Å². The Balaban J connectivity index is 2.13. The van der Waals surface area contributed by atoms with Crippen LogP contribution in [0, 0.1) is 6.92 Å². The monoisotopic (exact) mass is 393 g/mol. The number of rotatable bonds is 7. The van der Waals surface area contributed by atoms with Gasteiger partial charge in [-0.1, -0.05) is 19.1 Å². The van der Waals surface area contributed by atoms with Crippen LogP contribution in [0.25, 0.3) is 16.9 Å². The summed E-state index contributed by atoms with van der Waals surface area (Å²) < 4.78 is 12.5. The lowest BCUT2D eigenvalue weighted by molar-refractivity contribution is 0.0931. The van der Waals surface area contributed by atoms with Crippen LogP contribution in [-0.2, 0) is 0 Å². The van der Waals surface area contributed by atoms with Gasteiger partial charge in [0, 0.05) is 17.7 Å². The van der Waals surface area contributed by atoms with Gasteiger partial charge in [-0.2, -0.15) is 5.10 Å². The van der Waals surface area contributed by atoms with Crippen molar-refractivity contribution < 1.29 is 14.3 Å². The number of carbonyl (C=O) groups excluding carboxylic acids is 1. The molecule has 2 aromatic carbocycles. The maximum Gasteiger partial charge on any atom is 0.270 e. The number of hydrogen-bond donors (Lipinski definition) is 1. The molecule has 1 aromatic heterocycles. The molecule has 0 aliphatic heterocycles. The highest BCUT2D eigenvalue weighted by molar-refractivity contribution is 5.94. The van der Waals surface area contributed by atoms with Crippen molar-refractivity contribution in [1.82, 2.24) is 15.1 Å². The summed E-state index contributed by atoms with van der Waals surface area (Å²) in [5.74, 6) is 1.16. The molecule has 0 fully saturated rings. The Labute approximate surface area is 171 Å². The lowest BCUT2D eigenvalue weighted by Crippen LogP contribution is -2.33. The Kier molecular flexibility index (Phi) is 6.22. The quantitative estimate of drug-likeness (QED) is 0.646. The summed E-state index contributed by atoms with van der Waals surface area (Å²) >= 11 is 0. The number of methoxy groups -OCH3 is 2. The van der Waals surface area contributed by atoms with Crippen LogP contribution in [0.3, 0.4) is 0 Å². The number of aromatic nitrogens is 2. The minimum atomic E-state index is -0.160. The van der Waals surface area contributed by atoms with Crippen LogP contribution in [0.15, 0.2) is 48.5 Å². The number of benzene rings is 2. The summed E-state index contributed by atoms with van der Waals surface area (Å²) in [7, 11) is 3.21. The van der Waals surface area contributed by atoms with Crippen molar-refractivity contribution in [2.75, 3.05) is 14.2 Å². The number of nitrogens with zero attached hydrogens (tertiary/aromatic N) is 2. The van der Waals surface area contributed by atoms with Gasteiger partial charge in [0.1, 0.15) is 17.2 Å². The minimum Gasteiger partial charge on any atom is -0.497 e. The van der Waals surface area contributed by atoms with Crippen molar-refractivity contribution in [3.8, 4) is 28.4 Å². The molecule has 1 atom stereocenters. The number of carbonyl (C=O) groups is 1.